The minimum absolute atomic E-state index is 0.374. The van der Waals surface area contributed by atoms with E-state index in [9.17, 15) is 4.79 Å². The zero-order chi connectivity index (χ0) is 15.2. The molecule has 1 aromatic rings. The zero-order valence-corrected chi connectivity index (χ0v) is 13.0. The molecule has 116 valence electrons. The van der Waals surface area contributed by atoms with Crippen LogP contribution in [0.2, 0.25) is 0 Å². The first-order chi connectivity index (χ1) is 10.1. The highest BCUT2D eigenvalue weighted by molar-refractivity contribution is 5.72. The topological polar surface area (TPSA) is 43.8 Å². The summed E-state index contributed by atoms with van der Waals surface area (Å²) in [6, 6.07) is 10.8. The van der Waals surface area contributed by atoms with Gasteiger partial charge in [0.1, 0.15) is 6.04 Å². The van der Waals surface area contributed by atoms with Crippen LogP contribution in [0.5, 0.6) is 0 Å². The van der Waals surface area contributed by atoms with E-state index in [-0.39, 0.29) is 6.04 Å². The first kappa shape index (κ1) is 16.0. The maximum atomic E-state index is 11.1. The molecule has 2 atom stereocenters. The number of carboxylic acids is 1. The van der Waals surface area contributed by atoms with Crippen molar-refractivity contribution >= 4 is 5.97 Å². The van der Waals surface area contributed by atoms with Crippen LogP contribution >= 0.6 is 0 Å². The van der Waals surface area contributed by atoms with Crippen LogP contribution in [0, 0.1) is 0 Å². The van der Waals surface area contributed by atoms with Gasteiger partial charge in [-0.1, -0.05) is 37.3 Å². The van der Waals surface area contributed by atoms with Crippen LogP contribution in [0.25, 0.3) is 0 Å². The molecule has 0 radical (unpaired) electrons. The molecular formula is C17H26N2O2. The van der Waals surface area contributed by atoms with E-state index in [0.29, 0.717) is 6.04 Å². The van der Waals surface area contributed by atoms with E-state index in [1.165, 1.54) is 5.56 Å². The summed E-state index contributed by atoms with van der Waals surface area (Å²) in [5, 5.41) is 9.10. The molecule has 21 heavy (non-hydrogen) atoms. The van der Waals surface area contributed by atoms with Gasteiger partial charge in [-0.2, -0.15) is 0 Å². The van der Waals surface area contributed by atoms with Crippen molar-refractivity contribution in [2.75, 3.05) is 26.2 Å². The maximum Gasteiger partial charge on any atom is 0.320 e. The molecule has 0 aromatic heterocycles. The van der Waals surface area contributed by atoms with E-state index in [4.69, 9.17) is 5.11 Å². The molecule has 4 heteroatoms. The van der Waals surface area contributed by atoms with E-state index < -0.39 is 5.97 Å². The van der Waals surface area contributed by atoms with Crippen molar-refractivity contribution in [1.29, 1.82) is 0 Å². The Morgan fingerprint density at radius 3 is 2.24 bits per heavy atom. The molecule has 0 aliphatic carbocycles. The number of benzene rings is 1. The average molecular weight is 290 g/mol. The normalized spacial score (nSPS) is 20.1. The summed E-state index contributed by atoms with van der Waals surface area (Å²) < 4.78 is 0. The summed E-state index contributed by atoms with van der Waals surface area (Å²) >= 11 is 0. The molecule has 1 saturated heterocycles. The number of hydrogen-bond donors (Lipinski definition) is 1. The van der Waals surface area contributed by atoms with Crippen molar-refractivity contribution < 1.29 is 9.90 Å². The highest BCUT2D eigenvalue weighted by Gasteiger charge is 2.27. The Kier molecular flexibility index (Phi) is 5.76. The van der Waals surface area contributed by atoms with Crippen LogP contribution < -0.4 is 0 Å². The predicted molar refractivity (Wildman–Crippen MR) is 84.5 cm³/mol. The van der Waals surface area contributed by atoms with Gasteiger partial charge in [0.2, 0.25) is 0 Å². The van der Waals surface area contributed by atoms with Crippen LogP contribution in [0.4, 0.5) is 0 Å². The van der Waals surface area contributed by atoms with Crippen LogP contribution in [-0.2, 0) is 11.2 Å². The highest BCUT2D eigenvalue weighted by Crippen LogP contribution is 2.15. The Balaban J connectivity index is 1.89. The number of rotatable bonds is 6. The molecule has 2 rings (SSSR count). The Bertz CT molecular complexity index is 441. The van der Waals surface area contributed by atoms with Crippen LogP contribution in [0.15, 0.2) is 30.3 Å². The molecule has 0 spiro atoms. The van der Waals surface area contributed by atoms with Gasteiger partial charge in [-0.15, -0.1) is 0 Å². The summed E-state index contributed by atoms with van der Waals surface area (Å²) in [6.07, 6.45) is 2.20. The molecule has 0 saturated carbocycles. The standard InChI is InChI=1S/C17H26N2O2/c1-3-16(13-15-7-5-4-6-8-15)19-11-9-18(10-12-19)14(2)17(20)21/h4-8,14,16H,3,9-13H2,1-2H3,(H,20,21). The van der Waals surface area contributed by atoms with Gasteiger partial charge in [-0.3, -0.25) is 14.6 Å². The lowest BCUT2D eigenvalue weighted by Gasteiger charge is -2.40. The van der Waals surface area contributed by atoms with Gasteiger partial charge in [-0.25, -0.2) is 0 Å². The summed E-state index contributed by atoms with van der Waals surface area (Å²) in [4.78, 5) is 15.6. The van der Waals surface area contributed by atoms with Crippen molar-refractivity contribution in [3.05, 3.63) is 35.9 Å². The molecule has 1 aliphatic rings. The van der Waals surface area contributed by atoms with Gasteiger partial charge in [-0.05, 0) is 25.3 Å². The largest absolute Gasteiger partial charge is 0.480 e. The first-order valence-corrected chi connectivity index (χ1v) is 7.86. The van der Waals surface area contributed by atoms with E-state index >= 15 is 0 Å². The Morgan fingerprint density at radius 1 is 1.14 bits per heavy atom. The second-order valence-electron chi connectivity index (χ2n) is 5.84. The van der Waals surface area contributed by atoms with Crippen molar-refractivity contribution in [2.24, 2.45) is 0 Å². The van der Waals surface area contributed by atoms with Crippen LogP contribution in [0.3, 0.4) is 0 Å². The van der Waals surface area contributed by atoms with Crippen molar-refractivity contribution in [1.82, 2.24) is 9.80 Å². The smallest absolute Gasteiger partial charge is 0.320 e. The Morgan fingerprint density at radius 2 is 1.71 bits per heavy atom. The number of carbonyl (C=O) groups is 1. The van der Waals surface area contributed by atoms with Crippen molar-refractivity contribution in [2.45, 2.75) is 38.8 Å². The molecule has 1 aromatic carbocycles. The third-order valence-electron chi connectivity index (χ3n) is 4.56. The highest BCUT2D eigenvalue weighted by atomic mass is 16.4. The number of hydrogen-bond acceptors (Lipinski definition) is 3. The SMILES string of the molecule is CCC(Cc1ccccc1)N1CCN(C(C)C(=O)O)CC1. The molecule has 1 heterocycles. The Labute approximate surface area is 127 Å². The molecule has 1 fully saturated rings. The molecule has 2 unspecified atom stereocenters. The Hall–Kier alpha value is -1.39. The third kappa shape index (κ3) is 4.29. The molecule has 1 N–H and O–H groups in total. The van der Waals surface area contributed by atoms with Crippen LogP contribution in [-0.4, -0.2) is 59.1 Å². The second kappa shape index (κ2) is 7.57. The van der Waals surface area contributed by atoms with Gasteiger partial charge >= 0.3 is 5.97 Å². The quantitative estimate of drug-likeness (QED) is 0.871. The summed E-state index contributed by atoms with van der Waals surface area (Å²) in [5.74, 6) is -0.722. The molecule has 0 amide bonds. The maximum absolute atomic E-state index is 11.1. The zero-order valence-electron chi connectivity index (χ0n) is 13.0. The number of piperazine rings is 1. The third-order valence-corrected chi connectivity index (χ3v) is 4.56. The van der Waals surface area contributed by atoms with E-state index in [0.717, 1.165) is 39.0 Å². The fraction of sp³-hybridized carbons (Fsp3) is 0.588. The molecule has 4 nitrogen and oxygen atoms in total. The average Bonchev–Trinajstić information content (AvgIpc) is 2.53. The molecule has 0 bridgehead atoms. The first-order valence-electron chi connectivity index (χ1n) is 7.86. The second-order valence-corrected chi connectivity index (χ2v) is 5.84. The molecule has 1 aliphatic heterocycles. The lowest BCUT2D eigenvalue weighted by molar-refractivity contribution is -0.143. The minimum Gasteiger partial charge on any atom is -0.480 e. The monoisotopic (exact) mass is 290 g/mol. The minimum atomic E-state index is -0.722. The predicted octanol–water partition coefficient (Wildman–Crippen LogP) is 2.10. The summed E-state index contributed by atoms with van der Waals surface area (Å²) in [6.45, 7) is 7.63. The van der Waals surface area contributed by atoms with E-state index in [2.05, 4.69) is 47.1 Å². The van der Waals surface area contributed by atoms with Crippen molar-refractivity contribution in [3.8, 4) is 0 Å². The van der Waals surface area contributed by atoms with Crippen LogP contribution in [0.1, 0.15) is 25.8 Å². The van der Waals surface area contributed by atoms with Gasteiger partial charge in [0.05, 0.1) is 0 Å². The number of carboxylic acid groups (broad SMARTS) is 1. The fourth-order valence-corrected chi connectivity index (χ4v) is 3.06. The van der Waals surface area contributed by atoms with E-state index in [1.54, 1.807) is 6.92 Å². The van der Waals surface area contributed by atoms with Gasteiger partial charge < -0.3 is 5.11 Å². The van der Waals surface area contributed by atoms with Crippen molar-refractivity contribution in [3.63, 3.8) is 0 Å². The lowest BCUT2D eigenvalue weighted by Crippen LogP contribution is -2.54. The molecular weight excluding hydrogens is 264 g/mol. The van der Waals surface area contributed by atoms with E-state index in [1.807, 2.05) is 0 Å². The number of aliphatic carboxylic acids is 1. The summed E-state index contributed by atoms with van der Waals surface area (Å²) in [5.41, 5.74) is 1.38. The lowest BCUT2D eigenvalue weighted by atomic mass is 10.0. The van der Waals surface area contributed by atoms with Gasteiger partial charge in [0, 0.05) is 32.2 Å². The fourth-order valence-electron chi connectivity index (χ4n) is 3.06. The van der Waals surface area contributed by atoms with Gasteiger partial charge in [0.25, 0.3) is 0 Å². The summed E-state index contributed by atoms with van der Waals surface area (Å²) in [7, 11) is 0. The number of nitrogens with zero attached hydrogens (tertiary/aromatic N) is 2. The van der Waals surface area contributed by atoms with Gasteiger partial charge in [0.15, 0.2) is 0 Å².